The first-order valence-corrected chi connectivity index (χ1v) is 6.75. The van der Waals surface area contributed by atoms with Gasteiger partial charge in [0.1, 0.15) is 5.56 Å². The quantitative estimate of drug-likeness (QED) is 0.650. The maximum absolute atomic E-state index is 12.5. The zero-order chi connectivity index (χ0) is 16.6. The molecule has 8 nitrogen and oxygen atoms in total. The van der Waals surface area contributed by atoms with Gasteiger partial charge in [-0.15, -0.1) is 0 Å². The van der Waals surface area contributed by atoms with Gasteiger partial charge in [-0.25, -0.2) is 0 Å². The van der Waals surface area contributed by atoms with Crippen LogP contribution in [0, 0.1) is 10.1 Å². The van der Waals surface area contributed by atoms with E-state index in [1.54, 1.807) is 12.1 Å². The topological polar surface area (TPSA) is 113 Å². The molecule has 0 aliphatic carbocycles. The summed E-state index contributed by atoms with van der Waals surface area (Å²) in [6.07, 6.45) is 0. The highest BCUT2D eigenvalue weighted by Gasteiger charge is 2.30. The Balaban J connectivity index is 1.97. The van der Waals surface area contributed by atoms with E-state index in [2.05, 4.69) is 4.98 Å². The molecule has 0 radical (unpaired) electrons. The third-order valence-corrected chi connectivity index (χ3v) is 3.66. The molecular formula is C15H11N3O5. The van der Waals surface area contributed by atoms with E-state index < -0.39 is 21.9 Å². The molecule has 0 spiro atoms. The van der Waals surface area contributed by atoms with Crippen LogP contribution >= 0.6 is 0 Å². The van der Waals surface area contributed by atoms with Crippen LogP contribution in [0.5, 0.6) is 0 Å². The van der Waals surface area contributed by atoms with Gasteiger partial charge in [0.2, 0.25) is 0 Å². The highest BCUT2D eigenvalue weighted by atomic mass is 16.6. The van der Waals surface area contributed by atoms with E-state index in [-0.39, 0.29) is 24.3 Å². The van der Waals surface area contributed by atoms with E-state index in [1.807, 2.05) is 0 Å². The molecule has 0 atom stereocenters. The summed E-state index contributed by atoms with van der Waals surface area (Å²) in [4.78, 5) is 49.6. The van der Waals surface area contributed by atoms with Gasteiger partial charge >= 0.3 is 0 Å². The van der Waals surface area contributed by atoms with E-state index in [1.165, 1.54) is 23.1 Å². The zero-order valence-electron chi connectivity index (χ0n) is 11.8. The average Bonchev–Trinajstić information content (AvgIpc) is 2.86. The number of hydrogen-bond donors (Lipinski definition) is 1. The van der Waals surface area contributed by atoms with Crippen LogP contribution in [0.2, 0.25) is 0 Å². The van der Waals surface area contributed by atoms with Crippen LogP contribution in [0.25, 0.3) is 0 Å². The minimum atomic E-state index is -0.782. The lowest BCUT2D eigenvalue weighted by Crippen LogP contribution is -2.31. The van der Waals surface area contributed by atoms with Crippen molar-refractivity contribution in [2.24, 2.45) is 0 Å². The van der Waals surface area contributed by atoms with Crippen molar-refractivity contribution < 1.29 is 9.72 Å². The normalized spacial score (nSPS) is 12.8. The minimum absolute atomic E-state index is 0.0489. The van der Waals surface area contributed by atoms with Crippen molar-refractivity contribution in [1.29, 1.82) is 0 Å². The Morgan fingerprint density at radius 1 is 1.13 bits per heavy atom. The number of nitro groups is 1. The van der Waals surface area contributed by atoms with E-state index in [0.717, 1.165) is 6.07 Å². The molecule has 1 aromatic carbocycles. The Morgan fingerprint density at radius 3 is 2.61 bits per heavy atom. The minimum Gasteiger partial charge on any atom is -0.330 e. The number of aromatic nitrogens is 1. The number of amides is 1. The fraction of sp³-hybridized carbons (Fsp3) is 0.133. The molecule has 1 aliphatic rings. The van der Waals surface area contributed by atoms with Gasteiger partial charge in [-0.3, -0.25) is 29.5 Å². The maximum Gasteiger partial charge on any atom is 0.274 e. The lowest BCUT2D eigenvalue weighted by Gasteiger charge is -2.13. The van der Waals surface area contributed by atoms with Crippen molar-refractivity contribution in [2.45, 2.75) is 13.1 Å². The van der Waals surface area contributed by atoms with Crippen molar-refractivity contribution in [2.75, 3.05) is 0 Å². The Labute approximate surface area is 129 Å². The summed E-state index contributed by atoms with van der Waals surface area (Å²) >= 11 is 0. The third-order valence-electron chi connectivity index (χ3n) is 3.66. The first-order chi connectivity index (χ1) is 11.0. The van der Waals surface area contributed by atoms with Gasteiger partial charge in [0.05, 0.1) is 17.0 Å². The summed E-state index contributed by atoms with van der Waals surface area (Å²) in [6, 6.07) is 8.37. The Bertz CT molecular complexity index is 935. The lowest BCUT2D eigenvalue weighted by atomic mass is 10.1. The average molecular weight is 313 g/mol. The number of aromatic amines is 1. The first kappa shape index (κ1) is 14.6. The Kier molecular flexibility index (Phi) is 3.49. The van der Waals surface area contributed by atoms with Crippen LogP contribution in [-0.2, 0) is 13.1 Å². The largest absolute Gasteiger partial charge is 0.330 e. The van der Waals surface area contributed by atoms with Crippen LogP contribution in [0.4, 0.5) is 5.69 Å². The fourth-order valence-electron chi connectivity index (χ4n) is 2.59. The number of fused-ring (bicyclic) bond motifs is 1. The van der Waals surface area contributed by atoms with Gasteiger partial charge in [0, 0.05) is 18.7 Å². The summed E-state index contributed by atoms with van der Waals surface area (Å²) in [7, 11) is 0. The van der Waals surface area contributed by atoms with Crippen molar-refractivity contribution in [3.05, 3.63) is 83.9 Å². The van der Waals surface area contributed by atoms with Crippen molar-refractivity contribution in [1.82, 2.24) is 9.88 Å². The second-order valence-electron chi connectivity index (χ2n) is 5.09. The fourth-order valence-corrected chi connectivity index (χ4v) is 2.59. The second kappa shape index (κ2) is 5.48. The van der Waals surface area contributed by atoms with Crippen LogP contribution < -0.4 is 11.1 Å². The van der Waals surface area contributed by atoms with E-state index in [4.69, 9.17) is 0 Å². The molecule has 2 aromatic rings. The predicted octanol–water partition coefficient (Wildman–Crippen LogP) is 0.799. The standard InChI is InChI=1S/C15H11N3O5/c19-13-6-2-4-10(14(20)16-13)15(21)17-7-9-3-1-5-12(18(22)23)11(9)8-17/h1-6H,7-8H2,(H,16,19,20). The second-order valence-corrected chi connectivity index (χ2v) is 5.09. The Morgan fingerprint density at radius 2 is 1.87 bits per heavy atom. The molecule has 0 fully saturated rings. The molecule has 1 amide bonds. The number of rotatable bonds is 2. The number of carbonyl (C=O) groups is 1. The van der Waals surface area contributed by atoms with Gasteiger partial charge in [-0.1, -0.05) is 18.2 Å². The van der Waals surface area contributed by atoms with Crippen molar-refractivity contribution >= 4 is 11.6 Å². The number of nitrogens with one attached hydrogen (secondary N) is 1. The highest BCUT2D eigenvalue weighted by Crippen LogP contribution is 2.31. The summed E-state index contributed by atoms with van der Waals surface area (Å²) in [5.74, 6) is -0.577. The summed E-state index contributed by atoms with van der Waals surface area (Å²) < 4.78 is 0. The van der Waals surface area contributed by atoms with E-state index >= 15 is 0 Å². The molecule has 116 valence electrons. The summed E-state index contributed by atoms with van der Waals surface area (Å²) in [6.45, 7) is 0.228. The number of H-pyrrole nitrogens is 1. The van der Waals surface area contributed by atoms with Gasteiger partial charge < -0.3 is 4.90 Å². The number of carbonyl (C=O) groups excluding carboxylic acids is 1. The molecule has 2 heterocycles. The molecule has 0 saturated carbocycles. The molecule has 0 bridgehead atoms. The van der Waals surface area contributed by atoms with Crippen LogP contribution in [0.15, 0.2) is 46.0 Å². The summed E-state index contributed by atoms with van der Waals surface area (Å²) in [5, 5.41) is 11.1. The van der Waals surface area contributed by atoms with Gasteiger partial charge in [0.25, 0.3) is 22.7 Å². The molecule has 1 aliphatic heterocycles. The maximum atomic E-state index is 12.5. The van der Waals surface area contributed by atoms with Gasteiger partial charge in [-0.2, -0.15) is 0 Å². The van der Waals surface area contributed by atoms with E-state index in [0.29, 0.717) is 11.1 Å². The summed E-state index contributed by atoms with van der Waals surface area (Å²) in [5.41, 5.74) is -0.472. The SMILES string of the molecule is O=C(c1cccc(=O)[nH]c1=O)N1Cc2cccc([N+](=O)[O-])c2C1. The molecule has 0 saturated heterocycles. The number of nitrogens with zero attached hydrogens (tertiary/aromatic N) is 2. The Hall–Kier alpha value is -3.29. The van der Waals surface area contributed by atoms with Crippen LogP contribution in [-0.4, -0.2) is 20.7 Å². The van der Waals surface area contributed by atoms with Gasteiger partial charge in [-0.05, 0) is 11.6 Å². The smallest absolute Gasteiger partial charge is 0.274 e. The molecule has 3 rings (SSSR count). The molecule has 1 aromatic heterocycles. The molecule has 0 unspecified atom stereocenters. The third kappa shape index (κ3) is 2.61. The van der Waals surface area contributed by atoms with Crippen molar-refractivity contribution in [3.63, 3.8) is 0 Å². The monoisotopic (exact) mass is 313 g/mol. The van der Waals surface area contributed by atoms with E-state index in [9.17, 15) is 24.5 Å². The molecule has 8 heteroatoms. The van der Waals surface area contributed by atoms with Crippen LogP contribution in [0.3, 0.4) is 0 Å². The highest BCUT2D eigenvalue weighted by molar-refractivity contribution is 5.94. The van der Waals surface area contributed by atoms with Crippen LogP contribution in [0.1, 0.15) is 21.5 Å². The molecular weight excluding hydrogens is 302 g/mol. The molecule has 1 N–H and O–H groups in total. The number of hydrogen-bond acceptors (Lipinski definition) is 5. The predicted molar refractivity (Wildman–Crippen MR) is 80.0 cm³/mol. The lowest BCUT2D eigenvalue weighted by molar-refractivity contribution is -0.385. The number of nitro benzene ring substituents is 1. The zero-order valence-corrected chi connectivity index (χ0v) is 11.8. The van der Waals surface area contributed by atoms with Crippen molar-refractivity contribution in [3.8, 4) is 0 Å². The number of benzene rings is 1. The first-order valence-electron chi connectivity index (χ1n) is 6.75. The molecule has 23 heavy (non-hydrogen) atoms. The van der Waals surface area contributed by atoms with Gasteiger partial charge in [0.15, 0.2) is 0 Å².